The summed E-state index contributed by atoms with van der Waals surface area (Å²) in [5.41, 5.74) is 6.57. The Hall–Kier alpha value is -3.10. The average molecular weight is 425 g/mol. The molecule has 164 valence electrons. The van der Waals surface area contributed by atoms with E-state index in [1.54, 1.807) is 16.8 Å². The molecule has 31 heavy (non-hydrogen) atoms. The molecule has 0 unspecified atom stereocenters. The van der Waals surface area contributed by atoms with Crippen LogP contribution in [0.5, 0.6) is 5.88 Å². The first-order valence-electron chi connectivity index (χ1n) is 10.8. The van der Waals surface area contributed by atoms with Gasteiger partial charge in [0.2, 0.25) is 5.88 Å². The molecule has 1 saturated heterocycles. The summed E-state index contributed by atoms with van der Waals surface area (Å²) in [5, 5.41) is 7.19. The summed E-state index contributed by atoms with van der Waals surface area (Å²) in [5.74, 6) is -0.0543. The van der Waals surface area contributed by atoms with Crippen LogP contribution >= 0.6 is 0 Å². The summed E-state index contributed by atoms with van der Waals surface area (Å²) >= 11 is 0. The van der Waals surface area contributed by atoms with Gasteiger partial charge in [0, 0.05) is 12.2 Å². The zero-order valence-corrected chi connectivity index (χ0v) is 17.7. The highest BCUT2D eigenvalue weighted by molar-refractivity contribution is 6.04. The zero-order valence-electron chi connectivity index (χ0n) is 17.7. The molecule has 0 bridgehead atoms. The second-order valence-electron chi connectivity index (χ2n) is 9.62. The maximum Gasteiger partial charge on any atom is 0.325 e. The Kier molecular flexibility index (Phi) is 4.46. The van der Waals surface area contributed by atoms with Crippen molar-refractivity contribution in [2.75, 3.05) is 0 Å². The van der Waals surface area contributed by atoms with Crippen LogP contribution in [0.15, 0.2) is 24.4 Å². The standard InChI is InChI=1S/C22H27N5O4/c1-12(2)7-15-20(29)27(21(30)24-15)13-8-22(9-13)10-14(11-22)31-19-17(18(23)28)16-5-3-4-6-26(16)25-19/h3-6,12-15H,7-11H2,1-2H3,(H2,23,28)(H,24,30)/t13?,14?,15-,22?/m0/s1. The summed E-state index contributed by atoms with van der Waals surface area (Å²) in [6, 6.07) is 4.72. The number of aromatic nitrogens is 2. The number of nitrogens with zero attached hydrogens (tertiary/aromatic N) is 3. The third kappa shape index (κ3) is 3.23. The van der Waals surface area contributed by atoms with Gasteiger partial charge in [-0.25, -0.2) is 9.31 Å². The predicted molar refractivity (Wildman–Crippen MR) is 111 cm³/mol. The third-order valence-corrected chi connectivity index (χ3v) is 6.82. The van der Waals surface area contributed by atoms with Gasteiger partial charge in [-0.2, -0.15) is 0 Å². The smallest absolute Gasteiger partial charge is 0.325 e. The lowest BCUT2D eigenvalue weighted by atomic mass is 9.52. The molecule has 2 aromatic rings. The molecule has 9 nitrogen and oxygen atoms in total. The fourth-order valence-electron chi connectivity index (χ4n) is 5.42. The van der Waals surface area contributed by atoms with Crippen LogP contribution in [0, 0.1) is 11.3 Å². The van der Waals surface area contributed by atoms with E-state index in [9.17, 15) is 14.4 Å². The normalized spacial score (nSPS) is 29.9. The van der Waals surface area contributed by atoms with Crippen LogP contribution < -0.4 is 15.8 Å². The van der Waals surface area contributed by atoms with Gasteiger partial charge in [-0.1, -0.05) is 19.9 Å². The average Bonchev–Trinajstić information content (AvgIpc) is 3.13. The van der Waals surface area contributed by atoms with Gasteiger partial charge in [0.1, 0.15) is 17.7 Å². The van der Waals surface area contributed by atoms with Gasteiger partial charge in [0.25, 0.3) is 11.8 Å². The molecule has 5 rings (SSSR count). The summed E-state index contributed by atoms with van der Waals surface area (Å²) in [6.45, 7) is 4.09. The van der Waals surface area contributed by atoms with Crippen molar-refractivity contribution >= 4 is 23.4 Å². The van der Waals surface area contributed by atoms with Crippen LogP contribution in [0.1, 0.15) is 56.3 Å². The Morgan fingerprint density at radius 3 is 2.71 bits per heavy atom. The Morgan fingerprint density at radius 2 is 2.03 bits per heavy atom. The number of rotatable bonds is 6. The van der Waals surface area contributed by atoms with Crippen LogP contribution in [0.4, 0.5) is 4.79 Å². The largest absolute Gasteiger partial charge is 0.473 e. The van der Waals surface area contributed by atoms with Gasteiger partial charge in [-0.05, 0) is 55.6 Å². The first kappa shape index (κ1) is 19.8. The van der Waals surface area contributed by atoms with Crippen molar-refractivity contribution in [2.45, 2.75) is 64.1 Å². The van der Waals surface area contributed by atoms with E-state index in [1.165, 1.54) is 4.90 Å². The highest BCUT2D eigenvalue weighted by Crippen LogP contribution is 2.58. The van der Waals surface area contributed by atoms with E-state index in [1.807, 2.05) is 26.0 Å². The molecule has 2 aliphatic carbocycles. The number of hydrogen-bond donors (Lipinski definition) is 2. The monoisotopic (exact) mass is 425 g/mol. The number of hydrogen-bond acceptors (Lipinski definition) is 5. The number of carbonyl (C=O) groups excluding carboxylic acids is 3. The van der Waals surface area contributed by atoms with Crippen LogP contribution in [0.3, 0.4) is 0 Å². The lowest BCUT2D eigenvalue weighted by Gasteiger charge is -2.58. The summed E-state index contributed by atoms with van der Waals surface area (Å²) in [6.07, 6.45) is 5.58. The molecule has 1 atom stereocenters. The number of carbonyl (C=O) groups is 3. The number of nitrogens with two attached hydrogens (primary N) is 1. The second-order valence-corrected chi connectivity index (χ2v) is 9.62. The van der Waals surface area contributed by atoms with Crippen molar-refractivity contribution in [3.63, 3.8) is 0 Å². The molecular weight excluding hydrogens is 398 g/mol. The Labute approximate surface area is 179 Å². The van der Waals surface area contributed by atoms with Crippen molar-refractivity contribution in [1.29, 1.82) is 0 Å². The molecule has 3 N–H and O–H groups in total. The number of imide groups is 1. The molecule has 0 radical (unpaired) electrons. The zero-order chi connectivity index (χ0) is 21.9. The van der Waals surface area contributed by atoms with Crippen LogP contribution in [-0.4, -0.2) is 50.5 Å². The van der Waals surface area contributed by atoms with Crippen LogP contribution in [-0.2, 0) is 4.79 Å². The fourth-order valence-corrected chi connectivity index (χ4v) is 5.42. The number of primary amides is 1. The van der Waals surface area contributed by atoms with Gasteiger partial charge >= 0.3 is 6.03 Å². The quantitative estimate of drug-likeness (QED) is 0.687. The minimum Gasteiger partial charge on any atom is -0.473 e. The van der Waals surface area contributed by atoms with Crippen molar-refractivity contribution in [3.8, 4) is 5.88 Å². The van der Waals surface area contributed by atoms with Gasteiger partial charge in [0.05, 0.1) is 5.52 Å². The molecule has 2 aromatic heterocycles. The van der Waals surface area contributed by atoms with E-state index >= 15 is 0 Å². The number of amides is 4. The highest BCUT2D eigenvalue weighted by atomic mass is 16.5. The highest BCUT2D eigenvalue weighted by Gasteiger charge is 2.58. The van der Waals surface area contributed by atoms with E-state index in [2.05, 4.69) is 10.4 Å². The van der Waals surface area contributed by atoms with E-state index in [-0.39, 0.29) is 35.4 Å². The van der Waals surface area contributed by atoms with E-state index in [0.29, 0.717) is 23.4 Å². The van der Waals surface area contributed by atoms with E-state index in [4.69, 9.17) is 10.5 Å². The molecule has 9 heteroatoms. The van der Waals surface area contributed by atoms with Gasteiger partial charge < -0.3 is 15.8 Å². The number of fused-ring (bicyclic) bond motifs is 1. The molecule has 2 saturated carbocycles. The molecule has 4 amide bonds. The minimum atomic E-state index is -0.566. The minimum absolute atomic E-state index is 0.0398. The number of nitrogens with one attached hydrogen (secondary N) is 1. The van der Waals surface area contributed by atoms with Gasteiger partial charge in [-0.15, -0.1) is 5.10 Å². The van der Waals surface area contributed by atoms with Crippen LogP contribution in [0.2, 0.25) is 0 Å². The number of urea groups is 1. The Bertz CT molecular complexity index is 1060. The fraction of sp³-hybridized carbons (Fsp3) is 0.545. The van der Waals surface area contributed by atoms with Crippen molar-refractivity contribution in [1.82, 2.24) is 19.8 Å². The molecule has 3 fully saturated rings. The first-order chi connectivity index (χ1) is 14.8. The molecule has 0 aromatic carbocycles. The lowest BCUT2D eigenvalue weighted by Crippen LogP contribution is -2.60. The van der Waals surface area contributed by atoms with Crippen LogP contribution in [0.25, 0.3) is 5.52 Å². The number of pyridine rings is 1. The van der Waals surface area contributed by atoms with Crippen molar-refractivity contribution in [2.24, 2.45) is 17.1 Å². The van der Waals surface area contributed by atoms with Gasteiger partial charge in [0.15, 0.2) is 0 Å². The first-order valence-corrected chi connectivity index (χ1v) is 10.8. The van der Waals surface area contributed by atoms with Crippen molar-refractivity contribution < 1.29 is 19.1 Å². The molecule has 1 aliphatic heterocycles. The maximum absolute atomic E-state index is 12.7. The molecule has 3 aliphatic rings. The SMILES string of the molecule is CC(C)C[C@@H]1NC(=O)N(C2CC3(CC(Oc4nn5ccccc5c4C(N)=O)C3)C2)C1=O. The van der Waals surface area contributed by atoms with Gasteiger partial charge in [-0.3, -0.25) is 14.5 Å². The van der Waals surface area contributed by atoms with Crippen molar-refractivity contribution in [3.05, 3.63) is 30.0 Å². The second kappa shape index (κ2) is 6.96. The molecule has 1 spiro atoms. The summed E-state index contributed by atoms with van der Waals surface area (Å²) in [7, 11) is 0. The Morgan fingerprint density at radius 1 is 1.29 bits per heavy atom. The lowest BCUT2D eigenvalue weighted by molar-refractivity contribution is -0.141. The molecule has 3 heterocycles. The maximum atomic E-state index is 12.7. The predicted octanol–water partition coefficient (Wildman–Crippen LogP) is 2.09. The summed E-state index contributed by atoms with van der Waals surface area (Å²) < 4.78 is 7.62. The Balaban J connectivity index is 1.20. The number of ether oxygens (including phenoxy) is 1. The third-order valence-electron chi connectivity index (χ3n) is 6.82. The molecular formula is C22H27N5O4. The topological polar surface area (TPSA) is 119 Å². The van der Waals surface area contributed by atoms with E-state index < -0.39 is 11.9 Å². The van der Waals surface area contributed by atoms with E-state index in [0.717, 1.165) is 25.7 Å². The summed E-state index contributed by atoms with van der Waals surface area (Å²) in [4.78, 5) is 38.4.